The highest BCUT2D eigenvalue weighted by atomic mass is 127. The molecule has 0 saturated carbocycles. The summed E-state index contributed by atoms with van der Waals surface area (Å²) >= 11 is 2.11. The second-order valence-electron chi connectivity index (χ2n) is 4.11. The highest BCUT2D eigenvalue weighted by Crippen LogP contribution is 2.13. The predicted octanol–water partition coefficient (Wildman–Crippen LogP) is 1.59. The monoisotopic (exact) mass is 369 g/mol. The average Bonchev–Trinajstić information content (AvgIpc) is 2.26. The number of hydrogen-bond donors (Lipinski definition) is 2. The van der Waals surface area contributed by atoms with Gasteiger partial charge in [0.25, 0.3) is 0 Å². The molecule has 17 heavy (non-hydrogen) atoms. The Hall–Kier alpha value is -0.180. The maximum Gasteiger partial charge on any atom is 0.240 e. The van der Waals surface area contributed by atoms with E-state index in [-0.39, 0.29) is 17.4 Å². The van der Waals surface area contributed by atoms with Crippen LogP contribution in [-0.4, -0.2) is 26.2 Å². The summed E-state index contributed by atoms with van der Waals surface area (Å²) in [5.41, 5.74) is 0. The van der Waals surface area contributed by atoms with Crippen molar-refractivity contribution < 1.29 is 13.5 Å². The van der Waals surface area contributed by atoms with E-state index in [4.69, 9.17) is 5.11 Å². The molecule has 0 aliphatic rings. The van der Waals surface area contributed by atoms with E-state index in [0.717, 1.165) is 3.57 Å². The summed E-state index contributed by atoms with van der Waals surface area (Å²) < 4.78 is 27.5. The lowest BCUT2D eigenvalue weighted by Gasteiger charge is -2.19. The molecule has 1 atom stereocenters. The Labute approximate surface area is 116 Å². The summed E-state index contributed by atoms with van der Waals surface area (Å²) in [6.07, 6.45) is 0. The lowest BCUT2D eigenvalue weighted by atomic mass is 10.1. The van der Waals surface area contributed by atoms with Gasteiger partial charge in [-0.2, -0.15) is 0 Å². The number of hydrogen-bond acceptors (Lipinski definition) is 3. The van der Waals surface area contributed by atoms with Crippen molar-refractivity contribution in [2.24, 2.45) is 5.92 Å². The number of nitrogens with one attached hydrogen (secondary N) is 1. The molecule has 6 heteroatoms. The van der Waals surface area contributed by atoms with Crippen LogP contribution >= 0.6 is 22.6 Å². The lowest BCUT2D eigenvalue weighted by Crippen LogP contribution is -2.41. The van der Waals surface area contributed by atoms with Crippen LogP contribution in [0.15, 0.2) is 29.2 Å². The van der Waals surface area contributed by atoms with Gasteiger partial charge in [-0.05, 0) is 52.8 Å². The summed E-state index contributed by atoms with van der Waals surface area (Å²) in [5.74, 6) is 0.0404. The second kappa shape index (κ2) is 6.12. The Bertz CT molecular complexity index is 456. The molecule has 0 saturated heterocycles. The molecule has 0 aliphatic carbocycles. The smallest absolute Gasteiger partial charge is 0.240 e. The van der Waals surface area contributed by atoms with Gasteiger partial charge in [-0.15, -0.1) is 0 Å². The van der Waals surface area contributed by atoms with E-state index in [0.29, 0.717) is 0 Å². The molecule has 0 aliphatic heterocycles. The van der Waals surface area contributed by atoms with E-state index in [9.17, 15) is 8.42 Å². The fraction of sp³-hybridized carbons (Fsp3) is 0.455. The molecule has 96 valence electrons. The zero-order valence-electron chi connectivity index (χ0n) is 9.72. The minimum Gasteiger partial charge on any atom is -0.395 e. The molecule has 0 unspecified atom stereocenters. The van der Waals surface area contributed by atoms with Gasteiger partial charge in [0.15, 0.2) is 0 Å². The molecule has 2 N–H and O–H groups in total. The summed E-state index contributed by atoms with van der Waals surface area (Å²) in [6, 6.07) is 6.12. The standard InChI is InChI=1S/C11H16INO3S/c1-8(2)11(7-14)13-17(15,16)10-5-3-9(12)4-6-10/h3-6,8,11,13-14H,7H2,1-2H3/t11-/m1/s1. The van der Waals surface area contributed by atoms with Gasteiger partial charge in [-0.1, -0.05) is 13.8 Å². The zero-order valence-corrected chi connectivity index (χ0v) is 12.7. The predicted molar refractivity (Wildman–Crippen MR) is 75.2 cm³/mol. The topological polar surface area (TPSA) is 66.4 Å². The van der Waals surface area contributed by atoms with Crippen LogP contribution in [0, 0.1) is 9.49 Å². The van der Waals surface area contributed by atoms with Crippen molar-refractivity contribution in [3.63, 3.8) is 0 Å². The minimum absolute atomic E-state index is 0.0404. The maximum absolute atomic E-state index is 12.0. The molecule has 1 aromatic carbocycles. The van der Waals surface area contributed by atoms with Crippen molar-refractivity contribution in [3.05, 3.63) is 27.8 Å². The highest BCUT2D eigenvalue weighted by Gasteiger charge is 2.21. The van der Waals surface area contributed by atoms with Crippen molar-refractivity contribution in [3.8, 4) is 0 Å². The van der Waals surface area contributed by atoms with Crippen molar-refractivity contribution in [1.82, 2.24) is 4.72 Å². The van der Waals surface area contributed by atoms with Gasteiger partial charge in [0.1, 0.15) is 0 Å². The molecule has 1 aromatic rings. The van der Waals surface area contributed by atoms with E-state index in [1.165, 1.54) is 0 Å². The van der Waals surface area contributed by atoms with Gasteiger partial charge in [0.05, 0.1) is 11.5 Å². The van der Waals surface area contributed by atoms with Gasteiger partial charge >= 0.3 is 0 Å². The van der Waals surface area contributed by atoms with E-state index in [1.54, 1.807) is 24.3 Å². The largest absolute Gasteiger partial charge is 0.395 e. The van der Waals surface area contributed by atoms with Crippen LogP contribution in [0.3, 0.4) is 0 Å². The van der Waals surface area contributed by atoms with E-state index >= 15 is 0 Å². The minimum atomic E-state index is -3.55. The molecule has 1 rings (SSSR count). The first-order valence-electron chi connectivity index (χ1n) is 5.25. The normalized spacial score (nSPS) is 13.9. The third-order valence-corrected chi connectivity index (χ3v) is 4.66. The number of benzene rings is 1. The van der Waals surface area contributed by atoms with Gasteiger partial charge in [0, 0.05) is 9.61 Å². The van der Waals surface area contributed by atoms with E-state index in [2.05, 4.69) is 27.3 Å². The molecule has 0 bridgehead atoms. The third-order valence-electron chi connectivity index (χ3n) is 2.43. The second-order valence-corrected chi connectivity index (χ2v) is 7.07. The number of sulfonamides is 1. The Morgan fingerprint density at radius 1 is 1.29 bits per heavy atom. The summed E-state index contributed by atoms with van der Waals surface area (Å²) in [7, 11) is -3.55. The number of aliphatic hydroxyl groups is 1. The molecule has 4 nitrogen and oxygen atoms in total. The summed E-state index contributed by atoms with van der Waals surface area (Å²) in [5, 5.41) is 9.12. The van der Waals surface area contributed by atoms with Crippen LogP contribution in [0.2, 0.25) is 0 Å². The zero-order chi connectivity index (χ0) is 13.1. The van der Waals surface area contributed by atoms with Gasteiger partial charge in [-0.25, -0.2) is 13.1 Å². The van der Waals surface area contributed by atoms with Gasteiger partial charge < -0.3 is 5.11 Å². The number of rotatable bonds is 5. The van der Waals surface area contributed by atoms with Crippen LogP contribution in [0.25, 0.3) is 0 Å². The van der Waals surface area contributed by atoms with E-state index in [1.807, 2.05) is 13.8 Å². The SMILES string of the molecule is CC(C)[C@@H](CO)NS(=O)(=O)c1ccc(I)cc1. The molecular formula is C11H16INO3S. The maximum atomic E-state index is 12.0. The number of aliphatic hydroxyl groups excluding tert-OH is 1. The van der Waals surface area contributed by atoms with Crippen LogP contribution in [0.1, 0.15) is 13.8 Å². The third kappa shape index (κ3) is 4.20. The van der Waals surface area contributed by atoms with Crippen LogP contribution in [-0.2, 0) is 10.0 Å². The van der Waals surface area contributed by atoms with Crippen molar-refractivity contribution >= 4 is 32.6 Å². The van der Waals surface area contributed by atoms with Crippen molar-refractivity contribution in [2.45, 2.75) is 24.8 Å². The Balaban J connectivity index is 2.92. The van der Waals surface area contributed by atoms with Crippen LogP contribution in [0.5, 0.6) is 0 Å². The molecule has 0 spiro atoms. The molecule has 0 fully saturated rings. The fourth-order valence-electron chi connectivity index (χ4n) is 1.27. The van der Waals surface area contributed by atoms with Gasteiger partial charge in [0.2, 0.25) is 10.0 Å². The number of halogens is 1. The summed E-state index contributed by atoms with van der Waals surface area (Å²) in [4.78, 5) is 0.219. The molecule has 0 aromatic heterocycles. The lowest BCUT2D eigenvalue weighted by molar-refractivity contribution is 0.227. The highest BCUT2D eigenvalue weighted by molar-refractivity contribution is 14.1. The first-order valence-corrected chi connectivity index (χ1v) is 7.82. The average molecular weight is 369 g/mol. The molecule has 0 heterocycles. The van der Waals surface area contributed by atoms with Crippen LogP contribution in [0.4, 0.5) is 0 Å². The first kappa shape index (κ1) is 14.9. The van der Waals surface area contributed by atoms with Crippen molar-refractivity contribution in [1.29, 1.82) is 0 Å². The van der Waals surface area contributed by atoms with Crippen molar-refractivity contribution in [2.75, 3.05) is 6.61 Å². The summed E-state index contributed by atoms with van der Waals surface area (Å²) in [6.45, 7) is 3.51. The molecular weight excluding hydrogens is 353 g/mol. The quantitative estimate of drug-likeness (QED) is 0.775. The Kier molecular flexibility index (Phi) is 5.36. The first-order chi connectivity index (χ1) is 7.86. The van der Waals surface area contributed by atoms with Gasteiger partial charge in [-0.3, -0.25) is 0 Å². The molecule has 0 amide bonds. The van der Waals surface area contributed by atoms with Crippen LogP contribution < -0.4 is 4.72 Å². The Morgan fingerprint density at radius 3 is 2.24 bits per heavy atom. The Morgan fingerprint density at radius 2 is 1.82 bits per heavy atom. The molecule has 0 radical (unpaired) electrons. The van der Waals surface area contributed by atoms with E-state index < -0.39 is 16.1 Å². The fourth-order valence-corrected chi connectivity index (χ4v) is 3.00.